The summed E-state index contributed by atoms with van der Waals surface area (Å²) in [6, 6.07) is 12.9. The van der Waals surface area contributed by atoms with Gasteiger partial charge in [-0.2, -0.15) is 0 Å². The molecule has 0 aliphatic carbocycles. The summed E-state index contributed by atoms with van der Waals surface area (Å²) in [6.45, 7) is 5.32. The number of nitrogens with zero attached hydrogens (tertiary/aromatic N) is 1. The van der Waals surface area contributed by atoms with Gasteiger partial charge in [0, 0.05) is 35.6 Å². The monoisotopic (exact) mass is 322 g/mol. The highest BCUT2D eigenvalue weighted by Gasteiger charge is 2.12. The summed E-state index contributed by atoms with van der Waals surface area (Å²) in [7, 11) is 0. The van der Waals surface area contributed by atoms with E-state index < -0.39 is 0 Å². The first-order valence-electron chi connectivity index (χ1n) is 8.15. The molecule has 0 amide bonds. The van der Waals surface area contributed by atoms with E-state index in [9.17, 15) is 9.90 Å². The van der Waals surface area contributed by atoms with Gasteiger partial charge in [-0.15, -0.1) is 0 Å². The third-order valence-electron chi connectivity index (χ3n) is 4.13. The van der Waals surface area contributed by atoms with Crippen LogP contribution in [0.25, 0.3) is 21.9 Å². The summed E-state index contributed by atoms with van der Waals surface area (Å²) in [6.07, 6.45) is 1.89. The van der Waals surface area contributed by atoms with E-state index in [1.165, 1.54) is 0 Å². The van der Waals surface area contributed by atoms with Gasteiger partial charge in [-0.25, -0.2) is 0 Å². The number of aromatic hydroxyl groups is 1. The Morgan fingerprint density at radius 1 is 1.08 bits per heavy atom. The Morgan fingerprint density at radius 2 is 1.79 bits per heavy atom. The molecule has 124 valence electrons. The number of fused-ring (bicyclic) bond motifs is 1. The average molecular weight is 322 g/mol. The zero-order valence-electron chi connectivity index (χ0n) is 14.0. The van der Waals surface area contributed by atoms with Crippen LogP contribution in [0.3, 0.4) is 0 Å². The number of phenols is 1. The number of pyridine rings is 1. The van der Waals surface area contributed by atoms with Gasteiger partial charge in [0.15, 0.2) is 0 Å². The summed E-state index contributed by atoms with van der Waals surface area (Å²) >= 11 is 0. The summed E-state index contributed by atoms with van der Waals surface area (Å²) in [5.74, 6) is 0.521. The standard InChI is InChI=1S/C20H22N2O2/c1-13(2)11-22-12-19(15-5-3-14(10-21)4-6-15)18-9-16(23)7-8-17(18)20(22)24/h3-9,12-13,23H,10-11,21H2,1-2H3. The van der Waals surface area contributed by atoms with E-state index in [4.69, 9.17) is 5.73 Å². The van der Waals surface area contributed by atoms with Gasteiger partial charge in [0.1, 0.15) is 5.75 Å². The van der Waals surface area contributed by atoms with E-state index in [1.54, 1.807) is 22.8 Å². The van der Waals surface area contributed by atoms with Gasteiger partial charge in [0.05, 0.1) is 0 Å². The number of aromatic nitrogens is 1. The molecule has 0 saturated heterocycles. The lowest BCUT2D eigenvalue weighted by Crippen LogP contribution is -2.22. The minimum atomic E-state index is -0.0268. The van der Waals surface area contributed by atoms with Gasteiger partial charge in [0.2, 0.25) is 0 Å². The molecule has 0 spiro atoms. The molecule has 3 rings (SSSR count). The summed E-state index contributed by atoms with van der Waals surface area (Å²) in [4.78, 5) is 12.7. The van der Waals surface area contributed by atoms with E-state index in [2.05, 4.69) is 13.8 Å². The van der Waals surface area contributed by atoms with Gasteiger partial charge in [-0.05, 0) is 35.2 Å². The van der Waals surface area contributed by atoms with Crippen molar-refractivity contribution < 1.29 is 5.11 Å². The summed E-state index contributed by atoms with van der Waals surface area (Å²) in [5, 5.41) is 11.2. The molecule has 0 saturated carbocycles. The molecular formula is C20H22N2O2. The van der Waals surface area contributed by atoms with Crippen LogP contribution in [-0.4, -0.2) is 9.67 Å². The summed E-state index contributed by atoms with van der Waals surface area (Å²) in [5.41, 5.74) is 8.63. The Balaban J connectivity index is 2.29. The van der Waals surface area contributed by atoms with Crippen molar-refractivity contribution in [3.8, 4) is 16.9 Å². The van der Waals surface area contributed by atoms with Crippen molar-refractivity contribution in [2.75, 3.05) is 0 Å². The second kappa shape index (κ2) is 6.49. The zero-order chi connectivity index (χ0) is 17.3. The molecular weight excluding hydrogens is 300 g/mol. The lowest BCUT2D eigenvalue weighted by atomic mass is 9.99. The van der Waals surface area contributed by atoms with Crippen LogP contribution in [-0.2, 0) is 13.1 Å². The van der Waals surface area contributed by atoms with Crippen molar-refractivity contribution in [1.29, 1.82) is 0 Å². The highest BCUT2D eigenvalue weighted by atomic mass is 16.3. The lowest BCUT2D eigenvalue weighted by molar-refractivity contribution is 0.476. The Morgan fingerprint density at radius 3 is 2.42 bits per heavy atom. The summed E-state index contributed by atoms with van der Waals surface area (Å²) < 4.78 is 1.76. The third kappa shape index (κ3) is 3.05. The molecule has 0 radical (unpaired) electrons. The Labute approximate surface area is 141 Å². The smallest absolute Gasteiger partial charge is 0.258 e. The quantitative estimate of drug-likeness (QED) is 0.772. The van der Waals surface area contributed by atoms with E-state index in [-0.39, 0.29) is 11.3 Å². The number of rotatable bonds is 4. The van der Waals surface area contributed by atoms with Gasteiger partial charge >= 0.3 is 0 Å². The molecule has 0 unspecified atom stereocenters. The van der Waals surface area contributed by atoms with Crippen LogP contribution in [0.4, 0.5) is 0 Å². The number of benzene rings is 2. The SMILES string of the molecule is CC(C)Cn1cc(-c2ccc(CN)cc2)c2cc(O)ccc2c1=O. The molecule has 3 aromatic rings. The van der Waals surface area contributed by atoms with Crippen LogP contribution < -0.4 is 11.3 Å². The Hall–Kier alpha value is -2.59. The maximum absolute atomic E-state index is 12.7. The molecule has 0 aliphatic rings. The topological polar surface area (TPSA) is 68.2 Å². The van der Waals surface area contributed by atoms with Crippen molar-refractivity contribution in [1.82, 2.24) is 4.57 Å². The van der Waals surface area contributed by atoms with Crippen LogP contribution in [0.5, 0.6) is 5.75 Å². The van der Waals surface area contributed by atoms with Crippen LogP contribution in [0.1, 0.15) is 19.4 Å². The molecule has 2 aromatic carbocycles. The van der Waals surface area contributed by atoms with Crippen LogP contribution in [0.2, 0.25) is 0 Å². The molecule has 0 bridgehead atoms. The second-order valence-electron chi connectivity index (χ2n) is 6.53. The maximum Gasteiger partial charge on any atom is 0.258 e. The zero-order valence-corrected chi connectivity index (χ0v) is 14.0. The van der Waals surface area contributed by atoms with Crippen molar-refractivity contribution >= 4 is 10.8 Å². The van der Waals surface area contributed by atoms with E-state index in [0.717, 1.165) is 22.1 Å². The predicted octanol–water partition coefficient (Wildman–Crippen LogP) is 3.49. The maximum atomic E-state index is 12.7. The van der Waals surface area contributed by atoms with Crippen molar-refractivity contribution in [2.45, 2.75) is 26.9 Å². The van der Waals surface area contributed by atoms with Gasteiger partial charge in [0.25, 0.3) is 5.56 Å². The second-order valence-corrected chi connectivity index (χ2v) is 6.53. The largest absolute Gasteiger partial charge is 0.508 e. The van der Waals surface area contributed by atoms with E-state index >= 15 is 0 Å². The molecule has 4 heteroatoms. The van der Waals surface area contributed by atoms with Crippen LogP contribution in [0.15, 0.2) is 53.5 Å². The average Bonchev–Trinajstić information content (AvgIpc) is 2.57. The normalized spacial score (nSPS) is 11.3. The number of hydrogen-bond acceptors (Lipinski definition) is 3. The van der Waals surface area contributed by atoms with Gasteiger partial charge < -0.3 is 15.4 Å². The number of hydrogen-bond donors (Lipinski definition) is 2. The molecule has 0 atom stereocenters. The molecule has 1 heterocycles. The number of nitrogens with two attached hydrogens (primary N) is 1. The highest BCUT2D eigenvalue weighted by molar-refractivity contribution is 5.96. The van der Waals surface area contributed by atoms with Gasteiger partial charge in [-0.1, -0.05) is 38.1 Å². The number of phenolic OH excluding ortho intramolecular Hbond substituents is 1. The fourth-order valence-electron chi connectivity index (χ4n) is 2.96. The molecule has 1 aromatic heterocycles. The minimum Gasteiger partial charge on any atom is -0.508 e. The third-order valence-corrected chi connectivity index (χ3v) is 4.13. The van der Waals surface area contributed by atoms with E-state index in [1.807, 2.05) is 30.5 Å². The van der Waals surface area contributed by atoms with E-state index in [0.29, 0.717) is 24.4 Å². The molecule has 0 aliphatic heterocycles. The predicted molar refractivity (Wildman–Crippen MR) is 98.0 cm³/mol. The molecule has 3 N–H and O–H groups in total. The highest BCUT2D eigenvalue weighted by Crippen LogP contribution is 2.29. The molecule has 4 nitrogen and oxygen atoms in total. The van der Waals surface area contributed by atoms with Gasteiger partial charge in [-0.3, -0.25) is 4.79 Å². The first-order valence-corrected chi connectivity index (χ1v) is 8.15. The fourth-order valence-corrected chi connectivity index (χ4v) is 2.96. The lowest BCUT2D eigenvalue weighted by Gasteiger charge is -2.15. The molecule has 24 heavy (non-hydrogen) atoms. The van der Waals surface area contributed by atoms with Crippen LogP contribution in [0, 0.1) is 5.92 Å². The fraction of sp³-hybridized carbons (Fsp3) is 0.250. The Kier molecular flexibility index (Phi) is 4.40. The molecule has 0 fully saturated rings. The van der Waals surface area contributed by atoms with Crippen molar-refractivity contribution in [2.24, 2.45) is 11.7 Å². The van der Waals surface area contributed by atoms with Crippen molar-refractivity contribution in [3.05, 3.63) is 64.6 Å². The first kappa shape index (κ1) is 16.3. The first-order chi connectivity index (χ1) is 11.5. The van der Waals surface area contributed by atoms with Crippen LogP contribution >= 0.6 is 0 Å². The minimum absolute atomic E-state index is 0.0268. The Bertz CT molecular complexity index is 925. The van der Waals surface area contributed by atoms with Crippen molar-refractivity contribution in [3.63, 3.8) is 0 Å².